The Labute approximate surface area is 132 Å². The van der Waals surface area contributed by atoms with E-state index in [-0.39, 0.29) is 12.0 Å². The standard InChI is InChI=1S/C14H19N5O2S/c1-3-12-16-10(8-22-12)6-13(20)19-4-5-21-11(7-19)14-15-9(2)17-18-14/h8,11H,3-7H2,1-2H3,(H,15,17,18)/t11-/m0/s1. The quantitative estimate of drug-likeness (QED) is 0.917. The van der Waals surface area contributed by atoms with Crippen molar-refractivity contribution in [2.24, 2.45) is 0 Å². The highest BCUT2D eigenvalue weighted by Gasteiger charge is 2.28. The molecular formula is C14H19N5O2S. The predicted octanol–water partition coefficient (Wildman–Crippen LogP) is 1.27. The minimum atomic E-state index is -0.260. The number of aromatic amines is 1. The molecular weight excluding hydrogens is 302 g/mol. The molecule has 2 aromatic rings. The smallest absolute Gasteiger partial charge is 0.228 e. The number of carbonyl (C=O) groups excluding carboxylic acids is 1. The van der Waals surface area contributed by atoms with E-state index in [9.17, 15) is 4.79 Å². The number of thiazole rings is 1. The lowest BCUT2D eigenvalue weighted by atomic mass is 10.2. The van der Waals surface area contributed by atoms with Gasteiger partial charge in [0, 0.05) is 11.9 Å². The van der Waals surface area contributed by atoms with Crippen molar-refractivity contribution in [3.05, 3.63) is 27.7 Å². The summed E-state index contributed by atoms with van der Waals surface area (Å²) < 4.78 is 5.68. The molecule has 0 saturated carbocycles. The van der Waals surface area contributed by atoms with E-state index in [1.165, 1.54) is 0 Å². The summed E-state index contributed by atoms with van der Waals surface area (Å²) >= 11 is 1.61. The van der Waals surface area contributed by atoms with Crippen LogP contribution in [0.1, 0.15) is 35.4 Å². The molecule has 118 valence electrons. The lowest BCUT2D eigenvalue weighted by molar-refractivity contribution is -0.138. The molecule has 2 aromatic heterocycles. The van der Waals surface area contributed by atoms with Crippen molar-refractivity contribution in [2.75, 3.05) is 19.7 Å². The summed E-state index contributed by atoms with van der Waals surface area (Å²) in [4.78, 5) is 23.0. The first-order chi connectivity index (χ1) is 10.7. The second-order valence-corrected chi connectivity index (χ2v) is 6.18. The third-order valence-corrected chi connectivity index (χ3v) is 4.60. The number of nitrogens with one attached hydrogen (secondary N) is 1. The summed E-state index contributed by atoms with van der Waals surface area (Å²) in [6.07, 6.45) is 0.989. The molecule has 3 rings (SSSR count). The Hall–Kier alpha value is -1.80. The summed E-state index contributed by atoms with van der Waals surface area (Å²) in [6.45, 7) is 5.50. The number of ether oxygens (including phenoxy) is 1. The molecule has 1 N–H and O–H groups in total. The van der Waals surface area contributed by atoms with Gasteiger partial charge in [0.25, 0.3) is 0 Å². The zero-order valence-corrected chi connectivity index (χ0v) is 13.5. The van der Waals surface area contributed by atoms with E-state index in [0.29, 0.717) is 31.9 Å². The number of aromatic nitrogens is 4. The van der Waals surface area contributed by atoms with Crippen LogP contribution in [0.4, 0.5) is 0 Å². The molecule has 0 unspecified atom stereocenters. The maximum atomic E-state index is 12.4. The van der Waals surface area contributed by atoms with Gasteiger partial charge in [-0.1, -0.05) is 6.92 Å². The van der Waals surface area contributed by atoms with Gasteiger partial charge in [-0.2, -0.15) is 5.10 Å². The first-order valence-electron chi connectivity index (χ1n) is 7.37. The summed E-state index contributed by atoms with van der Waals surface area (Å²) in [6, 6.07) is 0. The number of carbonyl (C=O) groups is 1. The average molecular weight is 321 g/mol. The van der Waals surface area contributed by atoms with E-state index < -0.39 is 0 Å². The first kappa shape index (κ1) is 15.1. The van der Waals surface area contributed by atoms with Crippen molar-refractivity contribution in [1.82, 2.24) is 25.1 Å². The monoisotopic (exact) mass is 321 g/mol. The van der Waals surface area contributed by atoms with Crippen molar-refractivity contribution in [2.45, 2.75) is 32.8 Å². The molecule has 0 radical (unpaired) electrons. The third kappa shape index (κ3) is 3.33. The highest BCUT2D eigenvalue weighted by molar-refractivity contribution is 7.09. The third-order valence-electron chi connectivity index (χ3n) is 3.56. The van der Waals surface area contributed by atoms with Gasteiger partial charge in [0.15, 0.2) is 5.82 Å². The fourth-order valence-corrected chi connectivity index (χ4v) is 3.14. The van der Waals surface area contributed by atoms with E-state index in [4.69, 9.17) is 4.74 Å². The maximum absolute atomic E-state index is 12.4. The van der Waals surface area contributed by atoms with E-state index in [0.717, 1.165) is 22.9 Å². The van der Waals surface area contributed by atoms with Crippen molar-refractivity contribution in [3.8, 4) is 0 Å². The Kier molecular flexibility index (Phi) is 4.49. The molecule has 0 spiro atoms. The SMILES string of the molecule is CCc1nc(CC(=O)N2CCO[C@H](c3n[nH]c(C)n3)C2)cs1. The number of nitrogens with zero attached hydrogens (tertiary/aromatic N) is 4. The van der Waals surface area contributed by atoms with Crippen LogP contribution in [0, 0.1) is 6.92 Å². The first-order valence-corrected chi connectivity index (χ1v) is 8.25. The van der Waals surface area contributed by atoms with E-state index in [1.54, 1.807) is 11.3 Å². The highest BCUT2D eigenvalue weighted by atomic mass is 32.1. The van der Waals surface area contributed by atoms with Gasteiger partial charge in [-0.25, -0.2) is 9.97 Å². The van der Waals surface area contributed by atoms with Gasteiger partial charge in [-0.05, 0) is 13.3 Å². The van der Waals surface area contributed by atoms with Crippen LogP contribution >= 0.6 is 11.3 Å². The van der Waals surface area contributed by atoms with Crippen molar-refractivity contribution >= 4 is 17.2 Å². The Morgan fingerprint density at radius 2 is 2.41 bits per heavy atom. The van der Waals surface area contributed by atoms with Crippen LogP contribution in [-0.4, -0.2) is 50.7 Å². The summed E-state index contributed by atoms with van der Waals surface area (Å²) in [7, 11) is 0. The van der Waals surface area contributed by atoms with Gasteiger partial charge in [-0.15, -0.1) is 11.3 Å². The Bertz CT molecular complexity index is 653. The molecule has 0 bridgehead atoms. The summed E-state index contributed by atoms with van der Waals surface area (Å²) in [5, 5.41) is 9.96. The molecule has 1 saturated heterocycles. The molecule has 0 aromatic carbocycles. The molecule has 1 fully saturated rings. The Morgan fingerprint density at radius 1 is 1.55 bits per heavy atom. The summed E-state index contributed by atoms with van der Waals surface area (Å²) in [5.41, 5.74) is 0.851. The molecule has 3 heterocycles. The number of morpholine rings is 1. The van der Waals surface area contributed by atoms with Gasteiger partial charge < -0.3 is 9.64 Å². The lowest BCUT2D eigenvalue weighted by Crippen LogP contribution is -2.43. The van der Waals surface area contributed by atoms with Crippen LogP contribution in [0.5, 0.6) is 0 Å². The van der Waals surface area contributed by atoms with Gasteiger partial charge in [0.05, 0.1) is 30.3 Å². The predicted molar refractivity (Wildman–Crippen MR) is 81.6 cm³/mol. The lowest BCUT2D eigenvalue weighted by Gasteiger charge is -2.31. The molecule has 22 heavy (non-hydrogen) atoms. The van der Waals surface area contributed by atoms with Crippen LogP contribution < -0.4 is 0 Å². The average Bonchev–Trinajstić information content (AvgIpc) is 3.16. The fraction of sp³-hybridized carbons (Fsp3) is 0.571. The largest absolute Gasteiger partial charge is 0.366 e. The van der Waals surface area contributed by atoms with Crippen LogP contribution in [-0.2, 0) is 22.4 Å². The molecule has 1 atom stereocenters. The maximum Gasteiger partial charge on any atom is 0.228 e. The number of rotatable bonds is 4. The Balaban J connectivity index is 1.62. The number of aryl methyl sites for hydroxylation is 2. The number of amides is 1. The van der Waals surface area contributed by atoms with Crippen molar-refractivity contribution in [3.63, 3.8) is 0 Å². The zero-order valence-electron chi connectivity index (χ0n) is 12.7. The van der Waals surface area contributed by atoms with Crippen molar-refractivity contribution in [1.29, 1.82) is 0 Å². The van der Waals surface area contributed by atoms with Crippen LogP contribution in [0.15, 0.2) is 5.38 Å². The normalized spacial score (nSPS) is 18.6. The Morgan fingerprint density at radius 3 is 3.09 bits per heavy atom. The van der Waals surface area contributed by atoms with E-state index in [2.05, 4.69) is 27.1 Å². The number of hydrogen-bond donors (Lipinski definition) is 1. The van der Waals surface area contributed by atoms with E-state index >= 15 is 0 Å². The summed E-state index contributed by atoms with van der Waals surface area (Å²) in [5.74, 6) is 1.43. The van der Waals surface area contributed by atoms with Crippen molar-refractivity contribution < 1.29 is 9.53 Å². The second-order valence-electron chi connectivity index (χ2n) is 5.24. The number of H-pyrrole nitrogens is 1. The van der Waals surface area contributed by atoms with Gasteiger partial charge in [-0.3, -0.25) is 9.89 Å². The van der Waals surface area contributed by atoms with Gasteiger partial charge in [0.1, 0.15) is 11.9 Å². The molecule has 1 aliphatic rings. The van der Waals surface area contributed by atoms with Gasteiger partial charge >= 0.3 is 0 Å². The van der Waals surface area contributed by atoms with E-state index in [1.807, 2.05) is 17.2 Å². The topological polar surface area (TPSA) is 84.0 Å². The molecule has 7 nitrogen and oxygen atoms in total. The van der Waals surface area contributed by atoms with Crippen LogP contribution in [0.25, 0.3) is 0 Å². The minimum absolute atomic E-state index is 0.0773. The second kappa shape index (κ2) is 6.53. The molecule has 8 heteroatoms. The van der Waals surface area contributed by atoms with Crippen LogP contribution in [0.3, 0.4) is 0 Å². The fourth-order valence-electron chi connectivity index (χ4n) is 2.40. The molecule has 0 aliphatic carbocycles. The highest BCUT2D eigenvalue weighted by Crippen LogP contribution is 2.20. The zero-order chi connectivity index (χ0) is 15.5. The minimum Gasteiger partial charge on any atom is -0.366 e. The molecule has 1 aliphatic heterocycles. The number of hydrogen-bond acceptors (Lipinski definition) is 6. The molecule has 1 amide bonds. The van der Waals surface area contributed by atoms with Crippen LogP contribution in [0.2, 0.25) is 0 Å². The van der Waals surface area contributed by atoms with Gasteiger partial charge in [0.2, 0.25) is 5.91 Å².